The number of carbonyl (C=O) groups is 1. The Hall–Kier alpha value is -2.69. The van der Waals surface area contributed by atoms with Crippen molar-refractivity contribution in [2.24, 2.45) is 0 Å². The molecule has 4 heteroatoms. The van der Waals surface area contributed by atoms with E-state index < -0.39 is 0 Å². The largest absolute Gasteiger partial charge is 0.324 e. The summed E-state index contributed by atoms with van der Waals surface area (Å²) in [5, 5.41) is 3.10. The Kier molecular flexibility index (Phi) is 5.70. The number of halogens is 1. The highest BCUT2D eigenvalue weighted by molar-refractivity contribution is 9.15. The van der Waals surface area contributed by atoms with Crippen molar-refractivity contribution < 1.29 is 4.79 Å². The third kappa shape index (κ3) is 4.24. The fourth-order valence-corrected chi connectivity index (χ4v) is 3.97. The van der Waals surface area contributed by atoms with Gasteiger partial charge in [-0.3, -0.25) is 9.69 Å². The van der Waals surface area contributed by atoms with Crippen LogP contribution >= 0.6 is 15.9 Å². The number of nitrogens with one attached hydrogen (secondary N) is 1. The van der Waals surface area contributed by atoms with Gasteiger partial charge >= 0.3 is 0 Å². The predicted octanol–water partition coefficient (Wildman–Crippen LogP) is 5.45. The molecule has 1 aliphatic heterocycles. The van der Waals surface area contributed by atoms with Crippen molar-refractivity contribution >= 4 is 32.0 Å². The van der Waals surface area contributed by atoms with Gasteiger partial charge in [-0.15, -0.1) is 0 Å². The van der Waals surface area contributed by atoms with Crippen LogP contribution in [0.2, 0.25) is 0 Å². The Morgan fingerprint density at radius 2 is 1.61 bits per heavy atom. The lowest BCUT2D eigenvalue weighted by molar-refractivity contribution is -0.119. The fourth-order valence-electron chi connectivity index (χ4n) is 3.46. The second kappa shape index (κ2) is 8.55. The monoisotopic (exact) mass is 432 g/mol. The first-order chi connectivity index (χ1) is 13.7. The molecule has 1 amide bonds. The van der Waals surface area contributed by atoms with Gasteiger partial charge in [-0.2, -0.15) is 0 Å². The molecule has 140 valence electrons. The Morgan fingerprint density at radius 1 is 0.964 bits per heavy atom. The summed E-state index contributed by atoms with van der Waals surface area (Å²) in [6.45, 7) is 1.39. The van der Waals surface area contributed by atoms with E-state index in [1.54, 1.807) is 0 Å². The van der Waals surface area contributed by atoms with E-state index in [1.165, 1.54) is 5.56 Å². The molecule has 0 saturated heterocycles. The van der Waals surface area contributed by atoms with Gasteiger partial charge in [0.15, 0.2) is 0 Å². The number of amides is 1. The molecule has 3 aromatic carbocycles. The van der Waals surface area contributed by atoms with Gasteiger partial charge in [-0.05, 0) is 28.8 Å². The molecule has 0 fully saturated rings. The summed E-state index contributed by atoms with van der Waals surface area (Å²) in [6, 6.07) is 27.9. The highest BCUT2D eigenvalue weighted by atomic mass is 79.9. The number of benzene rings is 3. The second-order valence-electron chi connectivity index (χ2n) is 6.86. The zero-order valence-electron chi connectivity index (χ0n) is 15.4. The van der Waals surface area contributed by atoms with Crippen LogP contribution in [-0.2, 0) is 17.9 Å². The summed E-state index contributed by atoms with van der Waals surface area (Å²) in [4.78, 5) is 15.3. The van der Waals surface area contributed by atoms with Crippen LogP contribution in [0.1, 0.15) is 16.7 Å². The number of nitrogens with zero attached hydrogens (tertiary/aromatic N) is 1. The van der Waals surface area contributed by atoms with Crippen LogP contribution in [0.4, 0.5) is 5.69 Å². The molecule has 0 aromatic heterocycles. The van der Waals surface area contributed by atoms with Gasteiger partial charge in [0.25, 0.3) is 0 Å². The number of hydrogen-bond donors (Lipinski definition) is 1. The molecule has 0 saturated carbocycles. The van der Waals surface area contributed by atoms with E-state index in [0.717, 1.165) is 21.3 Å². The first kappa shape index (κ1) is 18.7. The van der Waals surface area contributed by atoms with E-state index in [0.29, 0.717) is 13.1 Å². The third-order valence-corrected chi connectivity index (χ3v) is 5.62. The topological polar surface area (TPSA) is 32.3 Å². The van der Waals surface area contributed by atoms with E-state index in [2.05, 4.69) is 44.3 Å². The van der Waals surface area contributed by atoms with Crippen molar-refractivity contribution in [3.63, 3.8) is 0 Å². The minimum Gasteiger partial charge on any atom is -0.324 e. The minimum atomic E-state index is -0.387. The first-order valence-corrected chi connectivity index (χ1v) is 10.1. The molecule has 1 aliphatic rings. The molecule has 1 unspecified atom stereocenters. The predicted molar refractivity (Wildman–Crippen MR) is 118 cm³/mol. The van der Waals surface area contributed by atoms with Crippen LogP contribution in [-0.4, -0.2) is 16.8 Å². The van der Waals surface area contributed by atoms with Crippen LogP contribution in [0, 0.1) is 0 Å². The molecule has 3 nitrogen and oxygen atoms in total. The Morgan fingerprint density at radius 3 is 2.36 bits per heavy atom. The van der Waals surface area contributed by atoms with Gasteiger partial charge in [0.2, 0.25) is 5.91 Å². The standard InChI is InChI=1S/C24H21BrN2O/c25-21(19-11-5-2-6-12-19)15-23-24(28)26-22-14-8-7-13-20(22)17-27(23)16-18-9-3-1-4-10-18/h1-15,23H,16-17H2,(H,26,28). The summed E-state index contributed by atoms with van der Waals surface area (Å²) in [7, 11) is 0. The van der Waals surface area contributed by atoms with Gasteiger partial charge in [0, 0.05) is 23.3 Å². The molecule has 0 radical (unpaired) electrons. The highest BCUT2D eigenvalue weighted by Crippen LogP contribution is 2.28. The average Bonchev–Trinajstić information content (AvgIpc) is 2.86. The van der Waals surface area contributed by atoms with Crippen LogP contribution < -0.4 is 5.32 Å². The number of anilines is 1. The van der Waals surface area contributed by atoms with Crippen LogP contribution in [0.3, 0.4) is 0 Å². The van der Waals surface area contributed by atoms with Crippen molar-refractivity contribution in [3.8, 4) is 0 Å². The van der Waals surface area contributed by atoms with Crippen molar-refractivity contribution in [1.82, 2.24) is 4.90 Å². The van der Waals surface area contributed by atoms with Crippen LogP contribution in [0.15, 0.2) is 91.0 Å². The summed E-state index contributed by atoms with van der Waals surface area (Å²) in [5.41, 5.74) is 4.25. The summed E-state index contributed by atoms with van der Waals surface area (Å²) in [6.07, 6.45) is 2.00. The van der Waals surface area contributed by atoms with E-state index in [1.807, 2.05) is 72.8 Å². The van der Waals surface area contributed by atoms with Crippen molar-refractivity contribution in [3.05, 3.63) is 108 Å². The summed E-state index contributed by atoms with van der Waals surface area (Å²) < 4.78 is 0.914. The van der Waals surface area contributed by atoms with Gasteiger partial charge in [0.05, 0.1) is 0 Å². The molecule has 0 bridgehead atoms. The molecule has 1 heterocycles. The van der Waals surface area contributed by atoms with Gasteiger partial charge in [-0.25, -0.2) is 0 Å². The molecule has 1 N–H and O–H groups in total. The molecule has 4 rings (SSSR count). The molecule has 0 aliphatic carbocycles. The number of carbonyl (C=O) groups excluding carboxylic acids is 1. The average molecular weight is 433 g/mol. The quantitative estimate of drug-likeness (QED) is 0.594. The molecule has 0 spiro atoms. The molecular weight excluding hydrogens is 412 g/mol. The number of fused-ring (bicyclic) bond motifs is 1. The lowest BCUT2D eigenvalue weighted by atomic mass is 10.1. The number of para-hydroxylation sites is 1. The van der Waals surface area contributed by atoms with Crippen molar-refractivity contribution in [2.45, 2.75) is 19.1 Å². The maximum atomic E-state index is 13.1. The van der Waals surface area contributed by atoms with Gasteiger partial charge in [0.1, 0.15) is 6.04 Å². The Bertz CT molecular complexity index is 986. The summed E-state index contributed by atoms with van der Waals surface area (Å²) in [5.74, 6) is -0.0197. The second-order valence-corrected chi connectivity index (χ2v) is 7.72. The SMILES string of the molecule is O=C1Nc2ccccc2CN(Cc2ccccc2)C1C=C(Br)c1ccccc1. The maximum absolute atomic E-state index is 13.1. The van der Waals surface area contributed by atoms with Crippen LogP contribution in [0.5, 0.6) is 0 Å². The summed E-state index contributed by atoms with van der Waals surface area (Å²) >= 11 is 3.68. The normalized spacial score (nSPS) is 17.5. The zero-order valence-corrected chi connectivity index (χ0v) is 17.0. The lowest BCUT2D eigenvalue weighted by Gasteiger charge is -2.26. The number of rotatable bonds is 4. The minimum absolute atomic E-state index is 0.0197. The van der Waals surface area contributed by atoms with Crippen molar-refractivity contribution in [1.29, 1.82) is 0 Å². The molecule has 3 aromatic rings. The van der Waals surface area contributed by atoms with Gasteiger partial charge < -0.3 is 5.32 Å². The van der Waals surface area contributed by atoms with Gasteiger partial charge in [-0.1, -0.05) is 94.8 Å². The molecule has 28 heavy (non-hydrogen) atoms. The molecule has 1 atom stereocenters. The van der Waals surface area contributed by atoms with E-state index in [9.17, 15) is 4.79 Å². The first-order valence-electron chi connectivity index (χ1n) is 9.30. The van der Waals surface area contributed by atoms with E-state index >= 15 is 0 Å². The smallest absolute Gasteiger partial charge is 0.245 e. The Labute approximate surface area is 173 Å². The lowest BCUT2D eigenvalue weighted by Crippen LogP contribution is -2.40. The third-order valence-electron chi connectivity index (χ3n) is 4.89. The van der Waals surface area contributed by atoms with E-state index in [-0.39, 0.29) is 11.9 Å². The fraction of sp³-hybridized carbons (Fsp3) is 0.125. The highest BCUT2D eigenvalue weighted by Gasteiger charge is 2.29. The number of hydrogen-bond acceptors (Lipinski definition) is 2. The maximum Gasteiger partial charge on any atom is 0.245 e. The van der Waals surface area contributed by atoms with Crippen LogP contribution in [0.25, 0.3) is 4.48 Å². The molecular formula is C24H21BrN2O. The van der Waals surface area contributed by atoms with Crippen molar-refractivity contribution in [2.75, 3.05) is 5.32 Å². The Balaban J connectivity index is 1.71. The zero-order chi connectivity index (χ0) is 19.3. The van der Waals surface area contributed by atoms with E-state index in [4.69, 9.17) is 0 Å².